The third-order valence-electron chi connectivity index (χ3n) is 3.36. The summed E-state index contributed by atoms with van der Waals surface area (Å²) in [5.41, 5.74) is 0. The molecule has 0 aliphatic carbocycles. The molecule has 0 spiro atoms. The molecule has 6 nitrogen and oxygen atoms in total. The summed E-state index contributed by atoms with van der Waals surface area (Å²) in [6, 6.07) is 0. The van der Waals surface area contributed by atoms with Gasteiger partial charge in [0.1, 0.15) is 36.6 Å². The monoisotopic (exact) mass is 242 g/mol. The highest BCUT2D eigenvalue weighted by Crippen LogP contribution is 2.48. The average molecular weight is 242 g/mol. The summed E-state index contributed by atoms with van der Waals surface area (Å²) in [6.45, 7) is 2.71. The lowest BCUT2D eigenvalue weighted by molar-refractivity contribution is -0.201. The van der Waals surface area contributed by atoms with E-state index in [1.54, 1.807) is 0 Å². The molecule has 6 heteroatoms. The predicted molar refractivity (Wildman–Crippen MR) is 53.0 cm³/mol. The number of fused-ring (bicyclic) bond motifs is 5. The molecule has 0 radical (unpaired) electrons. The smallest absolute Gasteiger partial charge is 0.302 e. The van der Waals surface area contributed by atoms with E-state index in [1.165, 1.54) is 13.8 Å². The number of epoxide rings is 1. The Hall–Kier alpha value is -1.14. The molecule has 0 amide bonds. The number of hydrogen-bond donors (Lipinski definition) is 0. The number of esters is 2. The van der Waals surface area contributed by atoms with Crippen LogP contribution in [0.25, 0.3) is 0 Å². The molecule has 6 atom stereocenters. The standard InChI is InChI=1S/C11H14O6/c1-4(12)14-6-3-7(15-5(2)13)9-11-10(17-11)8(6)16-9/h6-11H,3H2,1-2H3/t6-,7-,8-,9+,10+,11-/m0/s1. The third kappa shape index (κ3) is 1.81. The molecule has 3 fully saturated rings. The summed E-state index contributed by atoms with van der Waals surface area (Å²) in [5, 5.41) is 0. The molecular formula is C11H14O6. The van der Waals surface area contributed by atoms with E-state index in [2.05, 4.69) is 0 Å². The lowest BCUT2D eigenvalue weighted by Crippen LogP contribution is -2.48. The van der Waals surface area contributed by atoms with E-state index in [0.717, 1.165) is 0 Å². The fraction of sp³-hybridized carbons (Fsp3) is 0.818. The van der Waals surface area contributed by atoms with Crippen LogP contribution in [0.2, 0.25) is 0 Å². The van der Waals surface area contributed by atoms with Gasteiger partial charge in [-0.25, -0.2) is 0 Å². The van der Waals surface area contributed by atoms with Crippen molar-refractivity contribution in [1.82, 2.24) is 0 Å². The molecule has 0 unspecified atom stereocenters. The van der Waals surface area contributed by atoms with E-state index < -0.39 is 0 Å². The molecule has 17 heavy (non-hydrogen) atoms. The molecule has 0 saturated carbocycles. The van der Waals surface area contributed by atoms with Gasteiger partial charge in [0, 0.05) is 20.3 Å². The Bertz CT molecular complexity index is 335. The van der Waals surface area contributed by atoms with Crippen molar-refractivity contribution in [3.05, 3.63) is 0 Å². The predicted octanol–water partition coefficient (Wildman–Crippen LogP) is -0.212. The van der Waals surface area contributed by atoms with E-state index in [0.29, 0.717) is 6.42 Å². The Balaban J connectivity index is 1.74. The molecule has 3 saturated heterocycles. The van der Waals surface area contributed by atoms with Gasteiger partial charge in [0.25, 0.3) is 0 Å². The fourth-order valence-electron chi connectivity index (χ4n) is 2.75. The Labute approximate surface area is 98.1 Å². The van der Waals surface area contributed by atoms with Crippen LogP contribution in [0, 0.1) is 0 Å². The van der Waals surface area contributed by atoms with Crippen LogP contribution >= 0.6 is 0 Å². The minimum Gasteiger partial charge on any atom is -0.460 e. The zero-order valence-corrected chi connectivity index (χ0v) is 9.62. The van der Waals surface area contributed by atoms with Crippen molar-refractivity contribution in [1.29, 1.82) is 0 Å². The molecule has 3 aliphatic heterocycles. The van der Waals surface area contributed by atoms with Crippen molar-refractivity contribution < 1.29 is 28.5 Å². The van der Waals surface area contributed by atoms with Crippen LogP contribution in [0.3, 0.4) is 0 Å². The third-order valence-corrected chi connectivity index (χ3v) is 3.36. The molecule has 94 valence electrons. The van der Waals surface area contributed by atoms with E-state index in [4.69, 9.17) is 18.9 Å². The molecule has 0 N–H and O–H groups in total. The second-order valence-corrected chi connectivity index (χ2v) is 4.66. The molecule has 0 aromatic rings. The zero-order valence-electron chi connectivity index (χ0n) is 9.62. The van der Waals surface area contributed by atoms with Gasteiger partial charge >= 0.3 is 11.9 Å². The summed E-state index contributed by atoms with van der Waals surface area (Å²) in [4.78, 5) is 22.0. The summed E-state index contributed by atoms with van der Waals surface area (Å²) in [6.07, 6.45) is -0.711. The second kappa shape index (κ2) is 3.68. The van der Waals surface area contributed by atoms with Gasteiger partial charge in [0.05, 0.1) is 0 Å². The van der Waals surface area contributed by atoms with Crippen LogP contribution in [0.15, 0.2) is 0 Å². The lowest BCUT2D eigenvalue weighted by atomic mass is 10.0. The van der Waals surface area contributed by atoms with Crippen molar-refractivity contribution in [3.63, 3.8) is 0 Å². The van der Waals surface area contributed by atoms with E-state index >= 15 is 0 Å². The van der Waals surface area contributed by atoms with Crippen LogP contribution < -0.4 is 0 Å². The summed E-state index contributed by atoms with van der Waals surface area (Å²) < 4.78 is 21.5. The van der Waals surface area contributed by atoms with Crippen molar-refractivity contribution in [3.8, 4) is 0 Å². The first-order valence-corrected chi connectivity index (χ1v) is 5.71. The van der Waals surface area contributed by atoms with Crippen LogP contribution in [-0.2, 0) is 28.5 Å². The van der Waals surface area contributed by atoms with Crippen LogP contribution in [-0.4, -0.2) is 48.6 Å². The quantitative estimate of drug-likeness (QED) is 0.492. The van der Waals surface area contributed by atoms with Crippen molar-refractivity contribution in [2.45, 2.75) is 56.9 Å². The number of ether oxygens (including phenoxy) is 4. The lowest BCUT2D eigenvalue weighted by Gasteiger charge is -2.35. The van der Waals surface area contributed by atoms with Crippen molar-refractivity contribution in [2.75, 3.05) is 0 Å². The fourth-order valence-corrected chi connectivity index (χ4v) is 2.75. The summed E-state index contributed by atoms with van der Waals surface area (Å²) in [7, 11) is 0. The van der Waals surface area contributed by atoms with E-state index in [-0.39, 0.29) is 48.6 Å². The molecule has 0 aromatic carbocycles. The van der Waals surface area contributed by atoms with Crippen molar-refractivity contribution >= 4 is 11.9 Å². The first-order valence-electron chi connectivity index (χ1n) is 5.71. The van der Waals surface area contributed by atoms with E-state index in [9.17, 15) is 9.59 Å². The first kappa shape index (κ1) is 11.0. The Morgan fingerprint density at radius 3 is 1.71 bits per heavy atom. The minimum atomic E-state index is -0.384. The first-order chi connectivity index (χ1) is 8.06. The van der Waals surface area contributed by atoms with Crippen molar-refractivity contribution in [2.24, 2.45) is 0 Å². The van der Waals surface area contributed by atoms with Gasteiger partial charge < -0.3 is 18.9 Å². The second-order valence-electron chi connectivity index (χ2n) is 4.66. The van der Waals surface area contributed by atoms with Gasteiger partial charge in [0.2, 0.25) is 0 Å². The van der Waals surface area contributed by atoms with Crippen LogP contribution in [0.1, 0.15) is 20.3 Å². The Kier molecular flexibility index (Phi) is 2.38. The molecule has 0 aromatic heterocycles. The highest BCUT2D eigenvalue weighted by molar-refractivity contribution is 5.67. The Morgan fingerprint density at radius 2 is 1.29 bits per heavy atom. The topological polar surface area (TPSA) is 74.4 Å². The average Bonchev–Trinajstić information content (AvgIpc) is 2.91. The van der Waals surface area contributed by atoms with E-state index in [1.807, 2.05) is 0 Å². The zero-order chi connectivity index (χ0) is 12.2. The van der Waals surface area contributed by atoms with Gasteiger partial charge in [-0.2, -0.15) is 0 Å². The Morgan fingerprint density at radius 1 is 0.882 bits per heavy atom. The molecule has 3 aliphatic rings. The van der Waals surface area contributed by atoms with Gasteiger partial charge in [-0.1, -0.05) is 0 Å². The number of rotatable bonds is 2. The summed E-state index contributed by atoms with van der Waals surface area (Å²) >= 11 is 0. The number of carbonyl (C=O) groups is 2. The maximum absolute atomic E-state index is 11.0. The normalized spacial score (nSPS) is 46.0. The maximum Gasteiger partial charge on any atom is 0.302 e. The molecule has 2 bridgehead atoms. The van der Waals surface area contributed by atoms with Gasteiger partial charge in [-0.05, 0) is 0 Å². The largest absolute Gasteiger partial charge is 0.460 e. The molecular weight excluding hydrogens is 228 g/mol. The minimum absolute atomic E-state index is 0.00934. The van der Waals surface area contributed by atoms with Gasteiger partial charge in [0.15, 0.2) is 0 Å². The highest BCUT2D eigenvalue weighted by atomic mass is 16.7. The molecule has 3 rings (SSSR count). The SMILES string of the molecule is CC(=O)O[C@H]1C[C@H](OC(C)=O)[C@H]2O[C@@H]1[C@H]1O[C@H]12. The van der Waals surface area contributed by atoms with Crippen LogP contribution in [0.5, 0.6) is 0 Å². The molecule has 3 heterocycles. The summed E-state index contributed by atoms with van der Waals surface area (Å²) in [5.74, 6) is -0.717. The maximum atomic E-state index is 11.0. The van der Waals surface area contributed by atoms with Crippen LogP contribution in [0.4, 0.5) is 0 Å². The van der Waals surface area contributed by atoms with Gasteiger partial charge in [-0.3, -0.25) is 9.59 Å². The number of hydrogen-bond acceptors (Lipinski definition) is 6. The van der Waals surface area contributed by atoms with Gasteiger partial charge in [-0.15, -0.1) is 0 Å². The number of carbonyl (C=O) groups excluding carboxylic acids is 2. The highest BCUT2D eigenvalue weighted by Gasteiger charge is 2.66.